The van der Waals surface area contributed by atoms with Gasteiger partial charge in [-0.15, -0.1) is 0 Å². The van der Waals surface area contributed by atoms with E-state index in [9.17, 15) is 13.2 Å². The van der Waals surface area contributed by atoms with Gasteiger partial charge in [0.1, 0.15) is 0 Å². The number of anilines is 1. The van der Waals surface area contributed by atoms with Crippen LogP contribution in [-0.2, 0) is 10.0 Å². The third kappa shape index (κ3) is 7.04. The van der Waals surface area contributed by atoms with Gasteiger partial charge in [-0.3, -0.25) is 9.69 Å². The predicted octanol–water partition coefficient (Wildman–Crippen LogP) is 5.75. The highest BCUT2D eigenvalue weighted by Gasteiger charge is 2.25. The molecule has 0 saturated carbocycles. The van der Waals surface area contributed by atoms with Gasteiger partial charge in [0.25, 0.3) is 5.91 Å². The SMILES string of the molecule is CCCCN(CCCC)S(=O)(=O)c1ccc(C(=O)N(CCN(C)C)c2nc3ccc(Cl)cc3s2)cc1. The minimum absolute atomic E-state index is 0.209. The number of carbonyl (C=O) groups is 1. The molecule has 7 nitrogen and oxygen atoms in total. The molecule has 0 atom stereocenters. The normalized spacial score (nSPS) is 12.1. The Morgan fingerprint density at radius 3 is 2.17 bits per heavy atom. The molecular formula is C26H35ClN4O3S2. The molecule has 1 heterocycles. The van der Waals surface area contributed by atoms with Crippen LogP contribution in [0.4, 0.5) is 5.13 Å². The van der Waals surface area contributed by atoms with Crippen molar-refractivity contribution in [3.63, 3.8) is 0 Å². The summed E-state index contributed by atoms with van der Waals surface area (Å²) in [5.74, 6) is -0.222. The summed E-state index contributed by atoms with van der Waals surface area (Å²) >= 11 is 7.55. The molecule has 0 bridgehead atoms. The molecule has 0 aliphatic heterocycles. The Hall–Kier alpha value is -2.04. The van der Waals surface area contributed by atoms with Gasteiger partial charge in [0.2, 0.25) is 10.0 Å². The van der Waals surface area contributed by atoms with E-state index < -0.39 is 10.0 Å². The van der Waals surface area contributed by atoms with Gasteiger partial charge in [0.15, 0.2) is 5.13 Å². The van der Waals surface area contributed by atoms with Crippen LogP contribution in [-0.4, -0.2) is 68.8 Å². The van der Waals surface area contributed by atoms with Crippen molar-refractivity contribution in [2.75, 3.05) is 45.2 Å². The molecule has 36 heavy (non-hydrogen) atoms. The molecule has 10 heteroatoms. The Balaban J connectivity index is 1.89. The molecule has 0 N–H and O–H groups in total. The molecule has 0 fully saturated rings. The fourth-order valence-electron chi connectivity index (χ4n) is 3.68. The summed E-state index contributed by atoms with van der Waals surface area (Å²) < 4.78 is 29.0. The quantitative estimate of drug-likeness (QED) is 0.271. The summed E-state index contributed by atoms with van der Waals surface area (Å²) in [6, 6.07) is 11.7. The minimum Gasteiger partial charge on any atom is -0.308 e. The average molecular weight is 551 g/mol. The summed E-state index contributed by atoms with van der Waals surface area (Å²) in [5, 5.41) is 1.20. The van der Waals surface area contributed by atoms with Gasteiger partial charge in [-0.1, -0.05) is 49.6 Å². The van der Waals surface area contributed by atoms with Crippen molar-refractivity contribution in [1.82, 2.24) is 14.2 Å². The lowest BCUT2D eigenvalue weighted by Crippen LogP contribution is -2.37. The fraction of sp³-hybridized carbons (Fsp3) is 0.462. The van der Waals surface area contributed by atoms with Crippen LogP contribution >= 0.6 is 22.9 Å². The monoisotopic (exact) mass is 550 g/mol. The first-order chi connectivity index (χ1) is 17.2. The first-order valence-electron chi connectivity index (χ1n) is 12.3. The van der Waals surface area contributed by atoms with Crippen LogP contribution in [0.2, 0.25) is 5.02 Å². The maximum atomic E-state index is 13.6. The third-order valence-electron chi connectivity index (χ3n) is 5.85. The van der Waals surface area contributed by atoms with Gasteiger partial charge >= 0.3 is 0 Å². The van der Waals surface area contributed by atoms with Crippen molar-refractivity contribution < 1.29 is 13.2 Å². The molecule has 0 aliphatic carbocycles. The summed E-state index contributed by atoms with van der Waals surface area (Å²) in [6.07, 6.45) is 3.47. The molecular weight excluding hydrogens is 516 g/mol. The molecule has 0 saturated heterocycles. The average Bonchev–Trinajstić information content (AvgIpc) is 3.26. The highest BCUT2D eigenvalue weighted by Crippen LogP contribution is 2.31. The second kappa shape index (κ2) is 13.0. The zero-order valence-corrected chi connectivity index (χ0v) is 23.8. The molecule has 1 amide bonds. The number of likely N-dealkylation sites (N-methyl/N-ethyl adjacent to an activating group) is 1. The second-order valence-electron chi connectivity index (χ2n) is 9.00. The van der Waals surface area contributed by atoms with Crippen molar-refractivity contribution >= 4 is 54.2 Å². The van der Waals surface area contributed by atoms with Crippen molar-refractivity contribution in [1.29, 1.82) is 0 Å². The molecule has 3 rings (SSSR count). The number of nitrogens with zero attached hydrogens (tertiary/aromatic N) is 4. The minimum atomic E-state index is -3.62. The Morgan fingerprint density at radius 1 is 0.944 bits per heavy atom. The maximum Gasteiger partial charge on any atom is 0.260 e. The largest absolute Gasteiger partial charge is 0.308 e. The van der Waals surface area contributed by atoms with Crippen LogP contribution in [0.15, 0.2) is 47.4 Å². The number of aromatic nitrogens is 1. The molecule has 0 aliphatic rings. The van der Waals surface area contributed by atoms with E-state index in [1.165, 1.54) is 23.5 Å². The standard InChI is InChI=1S/C26H35ClN4O3S2/c1-5-7-15-30(16-8-6-2)36(33,34)22-12-9-20(10-13-22)25(32)31(18-17-29(3)4)26-28-23-14-11-21(27)19-24(23)35-26/h9-14,19H,5-8,15-18H2,1-4H3. The molecule has 0 unspecified atom stereocenters. The van der Waals surface area contributed by atoms with Gasteiger partial charge in [0.05, 0.1) is 15.1 Å². The van der Waals surface area contributed by atoms with Crippen molar-refractivity contribution in [2.24, 2.45) is 0 Å². The zero-order chi connectivity index (χ0) is 26.3. The lowest BCUT2D eigenvalue weighted by atomic mass is 10.2. The molecule has 2 aromatic carbocycles. The summed E-state index contributed by atoms with van der Waals surface area (Å²) in [7, 11) is 0.271. The van der Waals surface area contributed by atoms with Crippen molar-refractivity contribution in [2.45, 2.75) is 44.4 Å². The Morgan fingerprint density at radius 2 is 1.58 bits per heavy atom. The number of halogens is 1. The Kier molecular flexibility index (Phi) is 10.3. The summed E-state index contributed by atoms with van der Waals surface area (Å²) in [6.45, 7) is 6.19. The highest BCUT2D eigenvalue weighted by molar-refractivity contribution is 7.89. The Bertz CT molecular complexity index is 1250. The molecule has 0 radical (unpaired) electrons. The topological polar surface area (TPSA) is 73.8 Å². The van der Waals surface area contributed by atoms with E-state index >= 15 is 0 Å². The molecule has 3 aromatic rings. The number of rotatable bonds is 13. The van der Waals surface area contributed by atoms with Crippen LogP contribution < -0.4 is 4.90 Å². The van der Waals surface area contributed by atoms with E-state index in [1.54, 1.807) is 27.4 Å². The zero-order valence-electron chi connectivity index (χ0n) is 21.4. The van der Waals surface area contributed by atoms with E-state index in [0.29, 0.717) is 41.9 Å². The van der Waals surface area contributed by atoms with E-state index in [4.69, 9.17) is 11.6 Å². The first kappa shape index (κ1) is 28.5. The Labute approximate surface area is 223 Å². The third-order valence-corrected chi connectivity index (χ3v) is 9.04. The van der Waals surface area contributed by atoms with Crippen LogP contribution in [0.1, 0.15) is 49.9 Å². The summed E-state index contributed by atoms with van der Waals surface area (Å²) in [4.78, 5) is 22.1. The molecule has 196 valence electrons. The van der Waals surface area contributed by atoms with Crippen LogP contribution in [0, 0.1) is 0 Å². The number of sulfonamides is 1. The van der Waals surface area contributed by atoms with E-state index in [1.807, 2.05) is 45.0 Å². The van der Waals surface area contributed by atoms with Crippen LogP contribution in [0.3, 0.4) is 0 Å². The van der Waals surface area contributed by atoms with Crippen molar-refractivity contribution in [3.05, 3.63) is 53.1 Å². The van der Waals surface area contributed by atoms with Gasteiger partial charge < -0.3 is 4.90 Å². The number of hydrogen-bond acceptors (Lipinski definition) is 6. The molecule has 0 spiro atoms. The van der Waals surface area contributed by atoms with Crippen LogP contribution in [0.25, 0.3) is 10.2 Å². The second-order valence-corrected chi connectivity index (χ2v) is 12.4. The number of unbranched alkanes of at least 4 members (excludes halogenated alkanes) is 2. The first-order valence-corrected chi connectivity index (χ1v) is 14.9. The van der Waals surface area contributed by atoms with E-state index in [2.05, 4.69) is 4.98 Å². The van der Waals surface area contributed by atoms with Crippen molar-refractivity contribution in [3.8, 4) is 0 Å². The fourth-order valence-corrected chi connectivity index (χ4v) is 6.46. The van der Waals surface area contributed by atoms with Gasteiger partial charge in [-0.05, 0) is 69.4 Å². The molecule has 1 aromatic heterocycles. The number of thiazole rings is 1. The smallest absolute Gasteiger partial charge is 0.260 e. The number of fused-ring (bicyclic) bond motifs is 1. The van der Waals surface area contributed by atoms with Gasteiger partial charge in [-0.2, -0.15) is 4.31 Å². The highest BCUT2D eigenvalue weighted by atomic mass is 35.5. The van der Waals surface area contributed by atoms with Crippen LogP contribution in [0.5, 0.6) is 0 Å². The lowest BCUT2D eigenvalue weighted by molar-refractivity contribution is 0.0985. The van der Waals surface area contributed by atoms with Gasteiger partial charge in [-0.25, -0.2) is 13.4 Å². The number of hydrogen-bond donors (Lipinski definition) is 0. The number of carbonyl (C=O) groups excluding carboxylic acids is 1. The van der Waals surface area contributed by atoms with E-state index in [-0.39, 0.29) is 10.8 Å². The van der Waals surface area contributed by atoms with Gasteiger partial charge in [0, 0.05) is 36.8 Å². The number of benzene rings is 2. The maximum absolute atomic E-state index is 13.6. The number of amides is 1. The summed E-state index contributed by atoms with van der Waals surface area (Å²) in [5.41, 5.74) is 1.20. The van der Waals surface area contributed by atoms with E-state index in [0.717, 1.165) is 35.9 Å². The lowest BCUT2D eigenvalue weighted by Gasteiger charge is -2.23. The predicted molar refractivity (Wildman–Crippen MR) is 150 cm³/mol.